The summed E-state index contributed by atoms with van der Waals surface area (Å²) in [6, 6.07) is 12.3. The second-order valence-corrected chi connectivity index (χ2v) is 4.98. The zero-order valence-electron chi connectivity index (χ0n) is 12.1. The van der Waals surface area contributed by atoms with E-state index in [9.17, 15) is 0 Å². The molecule has 2 heterocycles. The molecule has 0 saturated heterocycles. The van der Waals surface area contributed by atoms with E-state index in [1.807, 2.05) is 25.1 Å². The Hall–Kier alpha value is -2.69. The van der Waals surface area contributed by atoms with Gasteiger partial charge in [0.15, 0.2) is 0 Å². The molecule has 1 aromatic carbocycles. The molecular formula is C16H17N5. The maximum Gasteiger partial charge on any atom is 0.138 e. The summed E-state index contributed by atoms with van der Waals surface area (Å²) in [5.41, 5.74) is 4.43. The Morgan fingerprint density at radius 3 is 2.76 bits per heavy atom. The van der Waals surface area contributed by atoms with Gasteiger partial charge in [0, 0.05) is 12.2 Å². The number of rotatable bonds is 4. The summed E-state index contributed by atoms with van der Waals surface area (Å²) in [6.45, 7) is 4.81. The summed E-state index contributed by atoms with van der Waals surface area (Å²) >= 11 is 0. The van der Waals surface area contributed by atoms with Crippen molar-refractivity contribution in [1.29, 1.82) is 0 Å². The Labute approximate surface area is 123 Å². The fraction of sp³-hybridized carbons (Fsp3) is 0.188. The highest BCUT2D eigenvalue weighted by molar-refractivity contribution is 5.43. The number of hydrogen-bond donors (Lipinski definition) is 1. The van der Waals surface area contributed by atoms with Gasteiger partial charge in [-0.15, -0.1) is 0 Å². The van der Waals surface area contributed by atoms with Crippen LogP contribution in [-0.4, -0.2) is 19.7 Å². The quantitative estimate of drug-likeness (QED) is 0.798. The van der Waals surface area contributed by atoms with Gasteiger partial charge in [-0.1, -0.05) is 18.2 Å². The summed E-state index contributed by atoms with van der Waals surface area (Å²) < 4.78 is 1.77. The van der Waals surface area contributed by atoms with Crippen molar-refractivity contribution in [3.63, 3.8) is 0 Å². The van der Waals surface area contributed by atoms with E-state index >= 15 is 0 Å². The molecule has 0 amide bonds. The molecule has 5 nitrogen and oxygen atoms in total. The molecule has 0 saturated carbocycles. The van der Waals surface area contributed by atoms with Crippen LogP contribution in [0.5, 0.6) is 0 Å². The molecule has 3 rings (SSSR count). The van der Waals surface area contributed by atoms with Gasteiger partial charge in [-0.2, -0.15) is 5.10 Å². The largest absolute Gasteiger partial charge is 0.366 e. The molecule has 5 heteroatoms. The molecule has 0 spiro atoms. The van der Waals surface area contributed by atoms with Crippen molar-refractivity contribution < 1.29 is 0 Å². The van der Waals surface area contributed by atoms with Crippen molar-refractivity contribution >= 4 is 5.82 Å². The first kappa shape index (κ1) is 13.3. The summed E-state index contributed by atoms with van der Waals surface area (Å²) in [5.74, 6) is 0.896. The summed E-state index contributed by atoms with van der Waals surface area (Å²) in [4.78, 5) is 8.41. The van der Waals surface area contributed by atoms with E-state index in [1.54, 1.807) is 11.0 Å². The van der Waals surface area contributed by atoms with Crippen LogP contribution in [0.1, 0.15) is 16.8 Å². The third kappa shape index (κ3) is 3.08. The average molecular weight is 279 g/mol. The van der Waals surface area contributed by atoms with Gasteiger partial charge < -0.3 is 5.32 Å². The first-order chi connectivity index (χ1) is 10.2. The van der Waals surface area contributed by atoms with Crippen LogP contribution in [0, 0.1) is 13.8 Å². The fourth-order valence-corrected chi connectivity index (χ4v) is 2.25. The second kappa shape index (κ2) is 5.75. The maximum atomic E-state index is 4.44. The van der Waals surface area contributed by atoms with Crippen molar-refractivity contribution in [2.24, 2.45) is 0 Å². The first-order valence-corrected chi connectivity index (χ1v) is 6.84. The standard InChI is InChI=1S/C16H17N5/c1-12-8-14(6-7-15(12)21-11-17-10-19-21)9-18-16-5-3-4-13(2)20-16/h3-8,10-11H,9H2,1-2H3,(H,18,20). The molecule has 0 radical (unpaired) electrons. The van der Waals surface area contributed by atoms with Gasteiger partial charge in [0.05, 0.1) is 5.69 Å². The lowest BCUT2D eigenvalue weighted by Crippen LogP contribution is -2.03. The zero-order valence-corrected chi connectivity index (χ0v) is 12.1. The highest BCUT2D eigenvalue weighted by atomic mass is 15.3. The Morgan fingerprint density at radius 2 is 2.05 bits per heavy atom. The van der Waals surface area contributed by atoms with Crippen LogP contribution in [0.25, 0.3) is 5.69 Å². The lowest BCUT2D eigenvalue weighted by molar-refractivity contribution is 0.869. The van der Waals surface area contributed by atoms with Gasteiger partial charge in [0.25, 0.3) is 0 Å². The molecule has 21 heavy (non-hydrogen) atoms. The van der Waals surface area contributed by atoms with Crippen LogP contribution >= 0.6 is 0 Å². The summed E-state index contributed by atoms with van der Waals surface area (Å²) in [6.07, 6.45) is 3.25. The average Bonchev–Trinajstić information content (AvgIpc) is 2.99. The van der Waals surface area contributed by atoms with Gasteiger partial charge >= 0.3 is 0 Å². The SMILES string of the molecule is Cc1cccc(NCc2ccc(-n3cncn3)c(C)c2)n1. The first-order valence-electron chi connectivity index (χ1n) is 6.84. The number of benzene rings is 1. The van der Waals surface area contributed by atoms with Gasteiger partial charge in [-0.3, -0.25) is 0 Å². The second-order valence-electron chi connectivity index (χ2n) is 4.98. The minimum absolute atomic E-state index is 0.745. The van der Waals surface area contributed by atoms with E-state index in [0.29, 0.717) is 0 Å². The number of nitrogens with one attached hydrogen (secondary N) is 1. The molecule has 0 aliphatic carbocycles. The molecule has 3 aromatic rings. The molecule has 0 unspecified atom stereocenters. The number of aromatic nitrogens is 4. The number of aryl methyl sites for hydroxylation is 2. The maximum absolute atomic E-state index is 4.44. The smallest absolute Gasteiger partial charge is 0.138 e. The molecule has 106 valence electrons. The molecule has 1 N–H and O–H groups in total. The van der Waals surface area contributed by atoms with Crippen LogP contribution in [0.4, 0.5) is 5.82 Å². The minimum Gasteiger partial charge on any atom is -0.366 e. The van der Waals surface area contributed by atoms with Crippen molar-refractivity contribution in [1.82, 2.24) is 19.7 Å². The number of pyridine rings is 1. The van der Waals surface area contributed by atoms with E-state index in [1.165, 1.54) is 11.9 Å². The third-order valence-corrected chi connectivity index (χ3v) is 3.29. The molecule has 0 atom stereocenters. The van der Waals surface area contributed by atoms with E-state index in [0.717, 1.165) is 29.3 Å². The van der Waals surface area contributed by atoms with Crippen molar-refractivity contribution in [2.75, 3.05) is 5.32 Å². The predicted molar refractivity (Wildman–Crippen MR) is 82.4 cm³/mol. The van der Waals surface area contributed by atoms with Crippen molar-refractivity contribution in [3.8, 4) is 5.69 Å². The molecule has 0 aliphatic heterocycles. The van der Waals surface area contributed by atoms with Crippen LogP contribution in [0.3, 0.4) is 0 Å². The normalized spacial score (nSPS) is 10.6. The highest BCUT2D eigenvalue weighted by Crippen LogP contribution is 2.15. The van der Waals surface area contributed by atoms with Gasteiger partial charge in [0.1, 0.15) is 18.5 Å². The van der Waals surface area contributed by atoms with E-state index in [4.69, 9.17) is 0 Å². The Balaban J connectivity index is 1.74. The van der Waals surface area contributed by atoms with E-state index in [-0.39, 0.29) is 0 Å². The predicted octanol–water partition coefficient (Wildman–Crippen LogP) is 2.89. The molecule has 0 fully saturated rings. The Bertz CT molecular complexity index is 734. The number of nitrogens with zero attached hydrogens (tertiary/aromatic N) is 4. The molecule has 0 aliphatic rings. The van der Waals surface area contributed by atoms with Crippen LogP contribution in [0.2, 0.25) is 0 Å². The van der Waals surface area contributed by atoms with Crippen LogP contribution < -0.4 is 5.32 Å². The zero-order chi connectivity index (χ0) is 14.7. The van der Waals surface area contributed by atoms with Crippen LogP contribution in [-0.2, 0) is 6.54 Å². The van der Waals surface area contributed by atoms with E-state index < -0.39 is 0 Å². The summed E-state index contributed by atoms with van der Waals surface area (Å²) in [7, 11) is 0. The van der Waals surface area contributed by atoms with Gasteiger partial charge in [-0.25, -0.2) is 14.6 Å². The molecule has 0 bridgehead atoms. The topological polar surface area (TPSA) is 55.6 Å². The van der Waals surface area contributed by atoms with Crippen molar-refractivity contribution in [3.05, 3.63) is 65.9 Å². The number of hydrogen-bond acceptors (Lipinski definition) is 4. The highest BCUT2D eigenvalue weighted by Gasteiger charge is 2.03. The Kier molecular flexibility index (Phi) is 3.64. The molecule has 2 aromatic heterocycles. The van der Waals surface area contributed by atoms with Crippen molar-refractivity contribution in [2.45, 2.75) is 20.4 Å². The lowest BCUT2D eigenvalue weighted by atomic mass is 10.1. The molecular weight excluding hydrogens is 262 g/mol. The minimum atomic E-state index is 0.745. The fourth-order valence-electron chi connectivity index (χ4n) is 2.25. The monoisotopic (exact) mass is 279 g/mol. The number of anilines is 1. The van der Waals surface area contributed by atoms with Gasteiger partial charge in [-0.05, 0) is 43.2 Å². The lowest BCUT2D eigenvalue weighted by Gasteiger charge is -2.10. The Morgan fingerprint density at radius 1 is 1.14 bits per heavy atom. The van der Waals surface area contributed by atoms with Crippen LogP contribution in [0.15, 0.2) is 49.1 Å². The van der Waals surface area contributed by atoms with E-state index in [2.05, 4.69) is 45.5 Å². The third-order valence-electron chi connectivity index (χ3n) is 3.29. The van der Waals surface area contributed by atoms with Gasteiger partial charge in [0.2, 0.25) is 0 Å². The summed E-state index contributed by atoms with van der Waals surface area (Å²) in [5, 5.41) is 7.50.